The van der Waals surface area contributed by atoms with Crippen LogP contribution in [0.5, 0.6) is 0 Å². The van der Waals surface area contributed by atoms with Gasteiger partial charge >= 0.3 is 5.97 Å². The van der Waals surface area contributed by atoms with E-state index in [4.69, 9.17) is 10.8 Å². The summed E-state index contributed by atoms with van der Waals surface area (Å²) < 4.78 is 0. The van der Waals surface area contributed by atoms with Crippen LogP contribution in [0, 0.1) is 5.92 Å². The van der Waals surface area contributed by atoms with Crippen LogP contribution in [-0.2, 0) is 4.79 Å². The molecule has 4 heteroatoms. The number of nitrogens with two attached hydrogens (primary N) is 1. The average Bonchev–Trinajstić information content (AvgIpc) is 2.55. The Labute approximate surface area is 84.9 Å². The summed E-state index contributed by atoms with van der Waals surface area (Å²) in [6.45, 7) is 1.61. The fourth-order valence-corrected chi connectivity index (χ4v) is 1.98. The number of nitrogens with one attached hydrogen (secondary N) is 1. The lowest BCUT2D eigenvalue weighted by molar-refractivity contribution is -0.137. The first-order valence-corrected chi connectivity index (χ1v) is 5.36. The Bertz CT molecular complexity index is 179. The molecule has 0 aliphatic heterocycles. The Morgan fingerprint density at radius 1 is 1.50 bits per heavy atom. The fraction of sp³-hybridized carbons (Fsp3) is 0.900. The van der Waals surface area contributed by atoms with Crippen molar-refractivity contribution in [1.82, 2.24) is 5.32 Å². The van der Waals surface area contributed by atoms with Crippen molar-refractivity contribution in [3.8, 4) is 0 Å². The number of hydrogen-bond acceptors (Lipinski definition) is 3. The Hall–Kier alpha value is -0.610. The van der Waals surface area contributed by atoms with Crippen molar-refractivity contribution in [2.75, 3.05) is 13.1 Å². The Kier molecular flexibility index (Phi) is 4.90. The van der Waals surface area contributed by atoms with E-state index in [1.54, 1.807) is 0 Å². The molecular weight excluding hydrogens is 180 g/mol. The van der Waals surface area contributed by atoms with E-state index in [2.05, 4.69) is 5.32 Å². The first kappa shape index (κ1) is 11.5. The van der Waals surface area contributed by atoms with Gasteiger partial charge in [-0.05, 0) is 25.3 Å². The highest BCUT2D eigenvalue weighted by atomic mass is 16.4. The maximum Gasteiger partial charge on any atom is 0.304 e. The Morgan fingerprint density at radius 2 is 2.14 bits per heavy atom. The standard InChI is InChI=1S/C10H20N2O2/c11-9(5-10(13)14)7-12-6-8-3-1-2-4-8/h8-9,12H,1-7,11H2,(H,13,14). The molecule has 0 amide bonds. The molecule has 1 atom stereocenters. The molecule has 0 aromatic heterocycles. The summed E-state index contributed by atoms with van der Waals surface area (Å²) in [4.78, 5) is 10.3. The van der Waals surface area contributed by atoms with Gasteiger partial charge in [0.05, 0.1) is 6.42 Å². The van der Waals surface area contributed by atoms with Gasteiger partial charge < -0.3 is 16.2 Å². The van der Waals surface area contributed by atoms with Crippen LogP contribution in [0.1, 0.15) is 32.1 Å². The molecule has 0 heterocycles. The van der Waals surface area contributed by atoms with E-state index in [0.717, 1.165) is 12.5 Å². The molecule has 0 saturated heterocycles. The molecule has 1 aliphatic carbocycles. The van der Waals surface area contributed by atoms with E-state index in [1.807, 2.05) is 0 Å². The van der Waals surface area contributed by atoms with E-state index in [-0.39, 0.29) is 12.5 Å². The van der Waals surface area contributed by atoms with Crippen molar-refractivity contribution < 1.29 is 9.90 Å². The third kappa shape index (κ3) is 4.58. The molecule has 82 valence electrons. The maximum absolute atomic E-state index is 10.3. The highest BCUT2D eigenvalue weighted by Gasteiger charge is 2.15. The number of rotatable bonds is 6. The molecule has 1 saturated carbocycles. The molecule has 1 unspecified atom stereocenters. The minimum atomic E-state index is -0.819. The second kappa shape index (κ2) is 5.98. The minimum absolute atomic E-state index is 0.0532. The third-order valence-electron chi connectivity index (χ3n) is 2.75. The summed E-state index contributed by atoms with van der Waals surface area (Å²) in [5.41, 5.74) is 5.62. The zero-order valence-corrected chi connectivity index (χ0v) is 8.54. The first-order chi connectivity index (χ1) is 6.68. The summed E-state index contributed by atoms with van der Waals surface area (Å²) in [5, 5.41) is 11.7. The molecule has 0 aromatic carbocycles. The number of carboxylic acid groups (broad SMARTS) is 1. The van der Waals surface area contributed by atoms with Gasteiger partial charge in [-0.3, -0.25) is 4.79 Å². The molecule has 4 N–H and O–H groups in total. The van der Waals surface area contributed by atoms with Crippen LogP contribution < -0.4 is 11.1 Å². The lowest BCUT2D eigenvalue weighted by atomic mass is 10.1. The fourth-order valence-electron chi connectivity index (χ4n) is 1.98. The van der Waals surface area contributed by atoms with Crippen LogP contribution in [0.4, 0.5) is 0 Å². The van der Waals surface area contributed by atoms with Crippen LogP contribution in [0.2, 0.25) is 0 Å². The molecule has 1 fully saturated rings. The van der Waals surface area contributed by atoms with E-state index in [9.17, 15) is 4.79 Å². The molecule has 0 radical (unpaired) electrons. The van der Waals surface area contributed by atoms with Gasteiger partial charge in [0.15, 0.2) is 0 Å². The summed E-state index contributed by atoms with van der Waals surface area (Å²) in [7, 11) is 0. The quantitative estimate of drug-likeness (QED) is 0.586. The molecule has 0 aromatic rings. The van der Waals surface area contributed by atoms with Gasteiger partial charge in [0.2, 0.25) is 0 Å². The number of hydrogen-bond donors (Lipinski definition) is 3. The van der Waals surface area contributed by atoms with E-state index >= 15 is 0 Å². The summed E-state index contributed by atoms with van der Waals surface area (Å²) in [5.74, 6) is -0.0350. The normalized spacial score (nSPS) is 19.8. The second-order valence-corrected chi connectivity index (χ2v) is 4.17. The summed E-state index contributed by atoms with van der Waals surface area (Å²) in [6, 6.07) is -0.256. The number of aliphatic carboxylic acids is 1. The van der Waals surface area contributed by atoms with Crippen molar-refractivity contribution in [2.45, 2.75) is 38.1 Å². The van der Waals surface area contributed by atoms with Crippen molar-refractivity contribution in [3.63, 3.8) is 0 Å². The topological polar surface area (TPSA) is 75.3 Å². The minimum Gasteiger partial charge on any atom is -0.481 e. The van der Waals surface area contributed by atoms with E-state index in [1.165, 1.54) is 25.7 Å². The first-order valence-electron chi connectivity index (χ1n) is 5.36. The second-order valence-electron chi connectivity index (χ2n) is 4.17. The van der Waals surface area contributed by atoms with E-state index in [0.29, 0.717) is 6.54 Å². The Balaban J connectivity index is 1.99. The molecule has 1 aliphatic rings. The highest BCUT2D eigenvalue weighted by Crippen LogP contribution is 2.23. The van der Waals surface area contributed by atoms with Crippen LogP contribution in [-0.4, -0.2) is 30.2 Å². The van der Waals surface area contributed by atoms with Crippen LogP contribution in [0.25, 0.3) is 0 Å². The smallest absolute Gasteiger partial charge is 0.304 e. The molecule has 0 bridgehead atoms. The van der Waals surface area contributed by atoms with Gasteiger partial charge in [0.1, 0.15) is 0 Å². The largest absolute Gasteiger partial charge is 0.481 e. The van der Waals surface area contributed by atoms with Crippen LogP contribution in [0.3, 0.4) is 0 Å². The zero-order chi connectivity index (χ0) is 10.4. The van der Waals surface area contributed by atoms with Crippen molar-refractivity contribution in [1.29, 1.82) is 0 Å². The van der Waals surface area contributed by atoms with Gasteiger partial charge in [-0.1, -0.05) is 12.8 Å². The lowest BCUT2D eigenvalue weighted by Crippen LogP contribution is -2.37. The Morgan fingerprint density at radius 3 is 2.71 bits per heavy atom. The highest BCUT2D eigenvalue weighted by molar-refractivity contribution is 5.67. The van der Waals surface area contributed by atoms with Gasteiger partial charge in [-0.15, -0.1) is 0 Å². The predicted molar refractivity (Wildman–Crippen MR) is 55.1 cm³/mol. The molecule has 4 nitrogen and oxygen atoms in total. The number of carbonyl (C=O) groups is 1. The zero-order valence-electron chi connectivity index (χ0n) is 8.54. The average molecular weight is 200 g/mol. The molecule has 14 heavy (non-hydrogen) atoms. The lowest BCUT2D eigenvalue weighted by Gasteiger charge is -2.13. The van der Waals surface area contributed by atoms with Crippen molar-refractivity contribution in [3.05, 3.63) is 0 Å². The number of carboxylic acids is 1. The third-order valence-corrected chi connectivity index (χ3v) is 2.75. The van der Waals surface area contributed by atoms with Gasteiger partial charge in [-0.25, -0.2) is 0 Å². The van der Waals surface area contributed by atoms with E-state index < -0.39 is 5.97 Å². The maximum atomic E-state index is 10.3. The van der Waals surface area contributed by atoms with Crippen molar-refractivity contribution >= 4 is 5.97 Å². The van der Waals surface area contributed by atoms with Gasteiger partial charge in [0, 0.05) is 12.6 Å². The molecular formula is C10H20N2O2. The molecule has 0 spiro atoms. The summed E-state index contributed by atoms with van der Waals surface area (Å²) in [6.07, 6.45) is 5.35. The van der Waals surface area contributed by atoms with Crippen LogP contribution >= 0.6 is 0 Å². The SMILES string of the molecule is NC(CNCC1CCCC1)CC(=O)O. The van der Waals surface area contributed by atoms with Crippen molar-refractivity contribution in [2.24, 2.45) is 11.7 Å². The van der Waals surface area contributed by atoms with Crippen LogP contribution in [0.15, 0.2) is 0 Å². The summed E-state index contributed by atoms with van der Waals surface area (Å²) >= 11 is 0. The van der Waals surface area contributed by atoms with Gasteiger partial charge in [0.25, 0.3) is 0 Å². The van der Waals surface area contributed by atoms with Gasteiger partial charge in [-0.2, -0.15) is 0 Å². The molecule has 1 rings (SSSR count). The predicted octanol–water partition coefficient (Wildman–Crippen LogP) is 0.568. The monoisotopic (exact) mass is 200 g/mol.